The van der Waals surface area contributed by atoms with Gasteiger partial charge in [-0.2, -0.15) is 0 Å². The maximum absolute atomic E-state index is 12.4. The Labute approximate surface area is 132 Å². The maximum Gasteiger partial charge on any atom is 0.311 e. The van der Waals surface area contributed by atoms with Crippen LogP contribution in [-0.4, -0.2) is 53.4 Å². The Balaban J connectivity index is 1.99. The number of hydrogen-bond donors (Lipinski definition) is 1. The molecule has 2 heterocycles. The Bertz CT molecular complexity index is 477. The van der Waals surface area contributed by atoms with Crippen LogP contribution in [0.5, 0.6) is 0 Å². The van der Waals surface area contributed by atoms with Crippen LogP contribution in [0.25, 0.3) is 0 Å². The lowest BCUT2D eigenvalue weighted by Crippen LogP contribution is -2.47. The molecular weight excluding hydrogens is 310 g/mol. The molecular formula is C14H19NO4S2. The Kier molecular flexibility index (Phi) is 6.08. The molecule has 0 radical (unpaired) electrons. The van der Waals surface area contributed by atoms with Gasteiger partial charge in [-0.15, -0.1) is 23.1 Å². The SMILES string of the molecule is CCCN(C(=O)CSc1cccs1)C1COCC1C(=O)O. The van der Waals surface area contributed by atoms with Crippen molar-refractivity contribution in [3.05, 3.63) is 17.5 Å². The topological polar surface area (TPSA) is 66.8 Å². The molecule has 2 atom stereocenters. The van der Waals surface area contributed by atoms with Gasteiger partial charge in [-0.1, -0.05) is 13.0 Å². The number of ether oxygens (including phenoxy) is 1. The molecule has 1 aromatic rings. The van der Waals surface area contributed by atoms with E-state index in [0.717, 1.165) is 10.6 Å². The summed E-state index contributed by atoms with van der Waals surface area (Å²) in [6.45, 7) is 3.05. The van der Waals surface area contributed by atoms with E-state index in [1.165, 1.54) is 11.8 Å². The van der Waals surface area contributed by atoms with Gasteiger partial charge in [0.25, 0.3) is 0 Å². The Hall–Kier alpha value is -1.05. The van der Waals surface area contributed by atoms with Gasteiger partial charge in [0.1, 0.15) is 5.92 Å². The van der Waals surface area contributed by atoms with Gasteiger partial charge in [0.2, 0.25) is 5.91 Å². The van der Waals surface area contributed by atoms with Gasteiger partial charge in [-0.25, -0.2) is 0 Å². The summed E-state index contributed by atoms with van der Waals surface area (Å²) in [4.78, 5) is 25.4. The van der Waals surface area contributed by atoms with E-state index in [-0.39, 0.29) is 18.6 Å². The quantitative estimate of drug-likeness (QED) is 0.777. The van der Waals surface area contributed by atoms with Gasteiger partial charge < -0.3 is 14.7 Å². The first-order valence-electron chi connectivity index (χ1n) is 6.89. The number of thiophene rings is 1. The van der Waals surface area contributed by atoms with Gasteiger partial charge in [-0.3, -0.25) is 9.59 Å². The van der Waals surface area contributed by atoms with Crippen LogP contribution in [0, 0.1) is 5.92 Å². The molecule has 1 aliphatic heterocycles. The first-order chi connectivity index (χ1) is 10.1. The summed E-state index contributed by atoms with van der Waals surface area (Å²) in [7, 11) is 0. The molecule has 1 saturated heterocycles. The summed E-state index contributed by atoms with van der Waals surface area (Å²) >= 11 is 3.10. The van der Waals surface area contributed by atoms with Crippen LogP contribution >= 0.6 is 23.1 Å². The van der Waals surface area contributed by atoms with Crippen molar-refractivity contribution in [3.8, 4) is 0 Å². The van der Waals surface area contributed by atoms with E-state index in [1.807, 2.05) is 24.4 Å². The molecule has 2 unspecified atom stereocenters. The van der Waals surface area contributed by atoms with Crippen LogP contribution in [0.3, 0.4) is 0 Å². The minimum atomic E-state index is -0.891. The number of aliphatic carboxylic acids is 1. The minimum Gasteiger partial charge on any atom is -0.481 e. The summed E-state index contributed by atoms with van der Waals surface area (Å²) in [5, 5.41) is 11.2. The molecule has 0 spiro atoms. The van der Waals surface area contributed by atoms with Crippen LogP contribution in [-0.2, 0) is 14.3 Å². The van der Waals surface area contributed by atoms with Crippen LogP contribution in [0.2, 0.25) is 0 Å². The first-order valence-corrected chi connectivity index (χ1v) is 8.76. The number of carboxylic acid groups (broad SMARTS) is 1. The van der Waals surface area contributed by atoms with Crippen LogP contribution in [0.4, 0.5) is 0 Å². The number of carbonyl (C=O) groups excluding carboxylic acids is 1. The van der Waals surface area contributed by atoms with E-state index < -0.39 is 11.9 Å². The van der Waals surface area contributed by atoms with Gasteiger partial charge >= 0.3 is 5.97 Å². The van der Waals surface area contributed by atoms with Gasteiger partial charge in [0.15, 0.2) is 0 Å². The van der Waals surface area contributed by atoms with Crippen molar-refractivity contribution in [1.82, 2.24) is 4.90 Å². The van der Waals surface area contributed by atoms with Crippen molar-refractivity contribution >= 4 is 35.0 Å². The number of nitrogens with zero attached hydrogens (tertiary/aromatic N) is 1. The molecule has 0 aromatic carbocycles. The van der Waals surface area contributed by atoms with Crippen molar-refractivity contribution in [2.24, 2.45) is 5.92 Å². The average Bonchev–Trinajstić information content (AvgIpc) is 3.12. The van der Waals surface area contributed by atoms with Crippen LogP contribution < -0.4 is 0 Å². The normalized spacial score (nSPS) is 21.4. The fourth-order valence-corrected chi connectivity index (χ4v) is 4.03. The van der Waals surface area contributed by atoms with Crippen molar-refractivity contribution < 1.29 is 19.4 Å². The number of carboxylic acids is 1. The van der Waals surface area contributed by atoms with Crippen LogP contribution in [0.1, 0.15) is 13.3 Å². The summed E-state index contributed by atoms with van der Waals surface area (Å²) in [6.07, 6.45) is 0.804. The molecule has 1 N–H and O–H groups in total. The highest BCUT2D eigenvalue weighted by molar-refractivity contribution is 8.01. The fraction of sp³-hybridized carbons (Fsp3) is 0.571. The molecule has 2 rings (SSSR count). The van der Waals surface area contributed by atoms with E-state index in [1.54, 1.807) is 16.2 Å². The van der Waals surface area contributed by atoms with Crippen LogP contribution in [0.15, 0.2) is 21.7 Å². The van der Waals surface area contributed by atoms with Gasteiger partial charge in [0, 0.05) is 6.54 Å². The smallest absolute Gasteiger partial charge is 0.311 e. The van der Waals surface area contributed by atoms with E-state index in [2.05, 4.69) is 0 Å². The monoisotopic (exact) mass is 329 g/mol. The zero-order valence-corrected chi connectivity index (χ0v) is 13.5. The molecule has 116 valence electrons. The Morgan fingerprint density at radius 2 is 2.33 bits per heavy atom. The van der Waals surface area contributed by atoms with Crippen molar-refractivity contribution in [1.29, 1.82) is 0 Å². The van der Waals surface area contributed by atoms with Crippen molar-refractivity contribution in [3.63, 3.8) is 0 Å². The molecule has 0 aliphatic carbocycles. The molecule has 7 heteroatoms. The lowest BCUT2D eigenvalue weighted by atomic mass is 10.0. The highest BCUT2D eigenvalue weighted by Crippen LogP contribution is 2.26. The molecule has 21 heavy (non-hydrogen) atoms. The molecule has 0 saturated carbocycles. The third kappa shape index (κ3) is 4.21. The molecule has 5 nitrogen and oxygen atoms in total. The summed E-state index contributed by atoms with van der Waals surface area (Å²) in [6, 6.07) is 3.58. The highest BCUT2D eigenvalue weighted by Gasteiger charge is 2.39. The molecule has 0 bridgehead atoms. The predicted molar refractivity (Wildman–Crippen MR) is 82.8 cm³/mol. The van der Waals surface area contributed by atoms with Crippen molar-refractivity contribution in [2.45, 2.75) is 23.6 Å². The van der Waals surface area contributed by atoms with E-state index in [4.69, 9.17) is 4.74 Å². The number of rotatable bonds is 7. The number of amides is 1. The Morgan fingerprint density at radius 3 is 2.95 bits per heavy atom. The summed E-state index contributed by atoms with van der Waals surface area (Å²) < 4.78 is 6.37. The maximum atomic E-state index is 12.4. The minimum absolute atomic E-state index is 0.0167. The molecule has 1 aromatic heterocycles. The lowest BCUT2D eigenvalue weighted by molar-refractivity contribution is -0.144. The number of hydrogen-bond acceptors (Lipinski definition) is 5. The second-order valence-corrected chi connectivity index (χ2v) is 7.08. The van der Waals surface area contributed by atoms with Gasteiger partial charge in [-0.05, 0) is 17.9 Å². The summed E-state index contributed by atoms with van der Waals surface area (Å²) in [5.41, 5.74) is 0. The summed E-state index contributed by atoms with van der Waals surface area (Å²) in [5.74, 6) is -1.19. The highest BCUT2D eigenvalue weighted by atomic mass is 32.2. The standard InChI is InChI=1S/C14H19NO4S2/c1-2-5-15(11-8-19-7-10(11)14(17)18)12(16)9-21-13-4-3-6-20-13/h3-4,6,10-11H,2,5,7-9H2,1H3,(H,17,18). The Morgan fingerprint density at radius 1 is 1.52 bits per heavy atom. The van der Waals surface area contributed by atoms with E-state index in [0.29, 0.717) is 18.9 Å². The third-order valence-electron chi connectivity index (χ3n) is 3.39. The van der Waals surface area contributed by atoms with E-state index in [9.17, 15) is 14.7 Å². The van der Waals surface area contributed by atoms with E-state index >= 15 is 0 Å². The predicted octanol–water partition coefficient (Wildman–Crippen LogP) is 2.18. The number of thioether (sulfide) groups is 1. The second-order valence-electron chi connectivity index (χ2n) is 4.86. The van der Waals surface area contributed by atoms with Crippen molar-refractivity contribution in [2.75, 3.05) is 25.5 Å². The van der Waals surface area contributed by atoms with Gasteiger partial charge in [0.05, 0.1) is 29.2 Å². The second kappa shape index (κ2) is 7.82. The number of carbonyl (C=O) groups is 2. The lowest BCUT2D eigenvalue weighted by Gasteiger charge is -2.30. The molecule has 1 fully saturated rings. The zero-order valence-electron chi connectivity index (χ0n) is 11.9. The largest absolute Gasteiger partial charge is 0.481 e. The third-order valence-corrected chi connectivity index (χ3v) is 5.50. The zero-order chi connectivity index (χ0) is 15.2. The first kappa shape index (κ1) is 16.3. The molecule has 1 amide bonds. The fourth-order valence-electron chi connectivity index (χ4n) is 2.36. The molecule has 1 aliphatic rings. The average molecular weight is 329 g/mol.